The standard InChI is InChI=1S/C23H44O3/c1-3-5-12-16-22(17-13-6-4-2)19-21-26-23(25)18-14-10-8-7-9-11-15-20-24/h20,22H,3-19,21H2,1-2H3. The van der Waals surface area contributed by atoms with Crippen LogP contribution < -0.4 is 0 Å². The molecule has 3 nitrogen and oxygen atoms in total. The first-order valence-corrected chi connectivity index (χ1v) is 11.3. The van der Waals surface area contributed by atoms with Gasteiger partial charge in [0, 0.05) is 12.8 Å². The topological polar surface area (TPSA) is 43.4 Å². The van der Waals surface area contributed by atoms with E-state index in [1.165, 1.54) is 57.8 Å². The molecule has 26 heavy (non-hydrogen) atoms. The monoisotopic (exact) mass is 368 g/mol. The van der Waals surface area contributed by atoms with Gasteiger partial charge in [-0.25, -0.2) is 0 Å². The fourth-order valence-corrected chi connectivity index (χ4v) is 3.41. The van der Waals surface area contributed by atoms with Gasteiger partial charge in [-0.2, -0.15) is 0 Å². The molecular formula is C23H44O3. The number of aldehydes is 1. The third-order valence-corrected chi connectivity index (χ3v) is 5.17. The molecule has 0 atom stereocenters. The van der Waals surface area contributed by atoms with Crippen LogP contribution in [0.1, 0.15) is 123 Å². The van der Waals surface area contributed by atoms with E-state index >= 15 is 0 Å². The number of esters is 1. The molecular weight excluding hydrogens is 324 g/mol. The SMILES string of the molecule is CCCCCC(CCCCC)CCOC(=O)CCCCCCCCC=O. The van der Waals surface area contributed by atoms with E-state index < -0.39 is 0 Å². The average Bonchev–Trinajstić information content (AvgIpc) is 2.64. The average molecular weight is 369 g/mol. The number of rotatable bonds is 20. The Labute approximate surface area is 162 Å². The van der Waals surface area contributed by atoms with Gasteiger partial charge in [-0.1, -0.05) is 90.9 Å². The Morgan fingerprint density at radius 3 is 1.92 bits per heavy atom. The van der Waals surface area contributed by atoms with Gasteiger partial charge in [0.2, 0.25) is 0 Å². The van der Waals surface area contributed by atoms with Gasteiger partial charge in [-0.05, 0) is 25.2 Å². The van der Waals surface area contributed by atoms with Gasteiger partial charge in [-0.3, -0.25) is 4.79 Å². The van der Waals surface area contributed by atoms with E-state index in [4.69, 9.17) is 4.74 Å². The van der Waals surface area contributed by atoms with Crippen molar-refractivity contribution in [3.05, 3.63) is 0 Å². The van der Waals surface area contributed by atoms with Crippen LogP contribution in [0.2, 0.25) is 0 Å². The summed E-state index contributed by atoms with van der Waals surface area (Å²) in [5.41, 5.74) is 0. The zero-order valence-electron chi connectivity index (χ0n) is 17.6. The smallest absolute Gasteiger partial charge is 0.305 e. The van der Waals surface area contributed by atoms with E-state index in [1.54, 1.807) is 0 Å². The second-order valence-corrected chi connectivity index (χ2v) is 7.69. The summed E-state index contributed by atoms with van der Waals surface area (Å²) in [5, 5.41) is 0. The van der Waals surface area contributed by atoms with Crippen LogP contribution in [0.5, 0.6) is 0 Å². The molecule has 3 heteroatoms. The molecule has 0 aromatic rings. The number of unbranched alkanes of at least 4 members (excludes halogenated alkanes) is 10. The lowest BCUT2D eigenvalue weighted by atomic mass is 9.92. The minimum Gasteiger partial charge on any atom is -0.466 e. The van der Waals surface area contributed by atoms with Gasteiger partial charge in [0.05, 0.1) is 6.61 Å². The predicted molar refractivity (Wildman–Crippen MR) is 110 cm³/mol. The lowest BCUT2D eigenvalue weighted by Crippen LogP contribution is -2.10. The van der Waals surface area contributed by atoms with Crippen LogP contribution >= 0.6 is 0 Å². The number of carbonyl (C=O) groups is 2. The summed E-state index contributed by atoms with van der Waals surface area (Å²) in [6.45, 7) is 5.10. The molecule has 0 aliphatic heterocycles. The molecule has 0 bridgehead atoms. The Morgan fingerprint density at radius 2 is 1.35 bits per heavy atom. The molecule has 0 saturated carbocycles. The third-order valence-electron chi connectivity index (χ3n) is 5.17. The number of hydrogen-bond donors (Lipinski definition) is 0. The zero-order chi connectivity index (χ0) is 19.3. The van der Waals surface area contributed by atoms with Crippen molar-refractivity contribution in [2.45, 2.75) is 123 Å². The van der Waals surface area contributed by atoms with Crippen molar-refractivity contribution < 1.29 is 14.3 Å². The highest BCUT2D eigenvalue weighted by molar-refractivity contribution is 5.69. The summed E-state index contributed by atoms with van der Waals surface area (Å²) >= 11 is 0. The largest absolute Gasteiger partial charge is 0.466 e. The number of ether oxygens (including phenoxy) is 1. The van der Waals surface area contributed by atoms with Gasteiger partial charge >= 0.3 is 5.97 Å². The van der Waals surface area contributed by atoms with Crippen molar-refractivity contribution in [3.63, 3.8) is 0 Å². The normalized spacial score (nSPS) is 11.0. The van der Waals surface area contributed by atoms with Gasteiger partial charge in [0.1, 0.15) is 6.29 Å². The molecule has 0 aromatic heterocycles. The van der Waals surface area contributed by atoms with E-state index in [0.29, 0.717) is 19.4 Å². The Balaban J connectivity index is 3.67. The van der Waals surface area contributed by atoms with Crippen molar-refractivity contribution in [2.24, 2.45) is 5.92 Å². The Bertz CT molecular complexity index is 305. The molecule has 0 amide bonds. The summed E-state index contributed by atoms with van der Waals surface area (Å²) in [4.78, 5) is 22.1. The molecule has 0 spiro atoms. The van der Waals surface area contributed by atoms with Gasteiger partial charge in [-0.15, -0.1) is 0 Å². The molecule has 0 N–H and O–H groups in total. The first-order valence-electron chi connectivity index (χ1n) is 11.3. The van der Waals surface area contributed by atoms with Gasteiger partial charge in [0.15, 0.2) is 0 Å². The van der Waals surface area contributed by atoms with Crippen molar-refractivity contribution in [1.82, 2.24) is 0 Å². The number of hydrogen-bond acceptors (Lipinski definition) is 3. The second-order valence-electron chi connectivity index (χ2n) is 7.69. The third kappa shape index (κ3) is 17.9. The molecule has 0 unspecified atom stereocenters. The maximum Gasteiger partial charge on any atom is 0.305 e. The van der Waals surface area contributed by atoms with Crippen LogP contribution in [0.25, 0.3) is 0 Å². The molecule has 0 saturated heterocycles. The van der Waals surface area contributed by atoms with Gasteiger partial charge in [0.25, 0.3) is 0 Å². The molecule has 0 rings (SSSR count). The summed E-state index contributed by atoms with van der Waals surface area (Å²) < 4.78 is 5.47. The highest BCUT2D eigenvalue weighted by atomic mass is 16.5. The first kappa shape index (κ1) is 25.1. The summed E-state index contributed by atoms with van der Waals surface area (Å²) in [5.74, 6) is 0.707. The van der Waals surface area contributed by atoms with Crippen LogP contribution in [-0.2, 0) is 14.3 Å². The quantitative estimate of drug-likeness (QED) is 0.132. The molecule has 0 fully saturated rings. The zero-order valence-corrected chi connectivity index (χ0v) is 17.6. The van der Waals surface area contributed by atoms with E-state index in [2.05, 4.69) is 13.8 Å². The molecule has 0 radical (unpaired) electrons. The van der Waals surface area contributed by atoms with Crippen LogP contribution in [0, 0.1) is 5.92 Å². The van der Waals surface area contributed by atoms with E-state index in [-0.39, 0.29) is 5.97 Å². The maximum atomic E-state index is 11.9. The first-order chi connectivity index (χ1) is 12.7. The highest BCUT2D eigenvalue weighted by Gasteiger charge is 2.10. The van der Waals surface area contributed by atoms with Crippen molar-refractivity contribution in [1.29, 1.82) is 0 Å². The van der Waals surface area contributed by atoms with Crippen LogP contribution in [-0.4, -0.2) is 18.9 Å². The van der Waals surface area contributed by atoms with E-state index in [1.807, 2.05) is 0 Å². The second kappa shape index (κ2) is 20.5. The fraction of sp³-hybridized carbons (Fsp3) is 0.913. The molecule has 0 aliphatic rings. The van der Waals surface area contributed by atoms with Crippen molar-refractivity contribution >= 4 is 12.3 Å². The van der Waals surface area contributed by atoms with Gasteiger partial charge < -0.3 is 9.53 Å². The van der Waals surface area contributed by atoms with E-state index in [9.17, 15) is 9.59 Å². The summed E-state index contributed by atoms with van der Waals surface area (Å²) in [6, 6.07) is 0. The van der Waals surface area contributed by atoms with Crippen LogP contribution in [0.3, 0.4) is 0 Å². The Morgan fingerprint density at radius 1 is 0.769 bits per heavy atom. The Hall–Kier alpha value is -0.860. The molecule has 0 heterocycles. The van der Waals surface area contributed by atoms with Crippen LogP contribution in [0.15, 0.2) is 0 Å². The molecule has 0 aromatic carbocycles. The highest BCUT2D eigenvalue weighted by Crippen LogP contribution is 2.21. The Kier molecular flexibility index (Phi) is 19.8. The number of carbonyl (C=O) groups excluding carboxylic acids is 2. The lowest BCUT2D eigenvalue weighted by molar-refractivity contribution is -0.144. The van der Waals surface area contributed by atoms with E-state index in [0.717, 1.165) is 50.7 Å². The fourth-order valence-electron chi connectivity index (χ4n) is 3.41. The molecule has 0 aliphatic carbocycles. The lowest BCUT2D eigenvalue weighted by Gasteiger charge is -2.16. The summed E-state index contributed by atoms with van der Waals surface area (Å²) in [6.07, 6.45) is 20.1. The van der Waals surface area contributed by atoms with Crippen molar-refractivity contribution in [3.8, 4) is 0 Å². The molecule has 154 valence electrons. The summed E-state index contributed by atoms with van der Waals surface area (Å²) in [7, 11) is 0. The predicted octanol–water partition coefficient (Wildman–Crippen LogP) is 7.02. The van der Waals surface area contributed by atoms with Crippen molar-refractivity contribution in [2.75, 3.05) is 6.61 Å². The minimum absolute atomic E-state index is 0.0215. The maximum absolute atomic E-state index is 11.9. The van der Waals surface area contributed by atoms with Crippen LogP contribution in [0.4, 0.5) is 0 Å². The minimum atomic E-state index is -0.0215.